The lowest BCUT2D eigenvalue weighted by Gasteiger charge is -2.25. The van der Waals surface area contributed by atoms with E-state index in [0.717, 1.165) is 27.7 Å². The Bertz CT molecular complexity index is 883. The summed E-state index contributed by atoms with van der Waals surface area (Å²) in [6, 6.07) is 18.1. The Morgan fingerprint density at radius 2 is 1.59 bits per heavy atom. The maximum Gasteiger partial charge on any atom is 0.263 e. The van der Waals surface area contributed by atoms with E-state index in [2.05, 4.69) is 26.8 Å². The number of fused-ring (bicyclic) bond motifs is 1. The molecule has 0 bridgehead atoms. The van der Waals surface area contributed by atoms with E-state index >= 15 is 0 Å². The topological polar surface area (TPSA) is 22.0 Å². The maximum absolute atomic E-state index is 13.2. The number of rotatable bonds is 1. The van der Waals surface area contributed by atoms with Gasteiger partial charge in [-0.3, -0.25) is 9.36 Å². The zero-order valence-electron chi connectivity index (χ0n) is 13.6. The van der Waals surface area contributed by atoms with Gasteiger partial charge in [-0.05, 0) is 36.1 Å². The second kappa shape index (κ2) is 5.13. The van der Waals surface area contributed by atoms with Crippen LogP contribution >= 0.6 is 0 Å². The molecule has 0 fully saturated rings. The zero-order chi connectivity index (χ0) is 15.9. The van der Waals surface area contributed by atoms with Gasteiger partial charge in [0.25, 0.3) is 5.56 Å². The van der Waals surface area contributed by atoms with E-state index in [-0.39, 0.29) is 11.0 Å². The van der Waals surface area contributed by atoms with Gasteiger partial charge in [0, 0.05) is 16.8 Å². The number of aryl methyl sites for hydroxylation is 1. The second-order valence-electron chi connectivity index (χ2n) is 6.79. The summed E-state index contributed by atoms with van der Waals surface area (Å²) < 4.78 is 1.86. The summed E-state index contributed by atoms with van der Waals surface area (Å²) in [6.07, 6.45) is 0. The van der Waals surface area contributed by atoms with Crippen LogP contribution < -0.4 is 5.56 Å². The van der Waals surface area contributed by atoms with Gasteiger partial charge < -0.3 is 0 Å². The van der Waals surface area contributed by atoms with Crippen LogP contribution in [0.25, 0.3) is 16.5 Å². The van der Waals surface area contributed by atoms with Crippen LogP contribution in [-0.4, -0.2) is 4.57 Å². The molecule has 0 amide bonds. The summed E-state index contributed by atoms with van der Waals surface area (Å²) in [6.45, 7) is 8.42. The Labute approximate surface area is 131 Å². The minimum Gasteiger partial charge on any atom is -0.280 e. The van der Waals surface area contributed by atoms with Gasteiger partial charge in [-0.1, -0.05) is 57.2 Å². The molecule has 3 aromatic rings. The first-order valence-electron chi connectivity index (χ1n) is 7.61. The van der Waals surface area contributed by atoms with E-state index in [1.165, 1.54) is 0 Å². The van der Waals surface area contributed by atoms with Gasteiger partial charge >= 0.3 is 0 Å². The van der Waals surface area contributed by atoms with E-state index in [9.17, 15) is 4.79 Å². The van der Waals surface area contributed by atoms with E-state index in [1.54, 1.807) is 0 Å². The second-order valence-corrected chi connectivity index (χ2v) is 6.79. The van der Waals surface area contributed by atoms with Gasteiger partial charge in [0.15, 0.2) is 0 Å². The Kier molecular flexibility index (Phi) is 3.40. The molecule has 0 atom stereocenters. The lowest BCUT2D eigenvalue weighted by atomic mass is 9.89. The zero-order valence-corrected chi connectivity index (χ0v) is 13.6. The number of pyridine rings is 1. The quantitative estimate of drug-likeness (QED) is 0.642. The monoisotopic (exact) mass is 291 g/mol. The Balaban J connectivity index is 2.50. The number of benzene rings is 2. The molecule has 2 nitrogen and oxygen atoms in total. The molecule has 0 radical (unpaired) electrons. The highest BCUT2D eigenvalue weighted by Crippen LogP contribution is 2.27. The number of hydrogen-bond acceptors (Lipinski definition) is 1. The van der Waals surface area contributed by atoms with Gasteiger partial charge in [0.1, 0.15) is 0 Å². The molecule has 112 valence electrons. The standard InChI is InChI=1S/C20H21NO/c1-14-9-8-10-15-13-17(20(2,3)4)21(19(22)18(14)15)16-11-6-5-7-12-16/h5-13H,1-4H3. The highest BCUT2D eigenvalue weighted by atomic mass is 16.1. The Morgan fingerprint density at radius 3 is 2.23 bits per heavy atom. The van der Waals surface area contributed by atoms with Crippen LogP contribution in [0.1, 0.15) is 32.0 Å². The predicted molar refractivity (Wildman–Crippen MR) is 93.0 cm³/mol. The molecule has 1 heterocycles. The van der Waals surface area contributed by atoms with Crippen molar-refractivity contribution >= 4 is 10.8 Å². The van der Waals surface area contributed by atoms with Crippen molar-refractivity contribution in [2.75, 3.05) is 0 Å². The first-order valence-corrected chi connectivity index (χ1v) is 7.61. The normalized spacial score (nSPS) is 11.8. The number of para-hydroxylation sites is 1. The molecule has 0 unspecified atom stereocenters. The fourth-order valence-corrected chi connectivity index (χ4v) is 2.92. The van der Waals surface area contributed by atoms with Crippen LogP contribution in [0.3, 0.4) is 0 Å². The third-order valence-corrected chi connectivity index (χ3v) is 4.04. The number of aromatic nitrogens is 1. The first kappa shape index (κ1) is 14.6. The predicted octanol–water partition coefficient (Wildman–Crippen LogP) is 4.60. The van der Waals surface area contributed by atoms with E-state index < -0.39 is 0 Å². The van der Waals surface area contributed by atoms with Crippen molar-refractivity contribution in [3.8, 4) is 5.69 Å². The number of hydrogen-bond donors (Lipinski definition) is 0. The van der Waals surface area contributed by atoms with Crippen molar-refractivity contribution in [1.82, 2.24) is 4.57 Å². The van der Waals surface area contributed by atoms with Crippen LogP contribution in [0.5, 0.6) is 0 Å². The van der Waals surface area contributed by atoms with Crippen molar-refractivity contribution < 1.29 is 0 Å². The van der Waals surface area contributed by atoms with Crippen molar-refractivity contribution in [3.63, 3.8) is 0 Å². The average molecular weight is 291 g/mol. The Morgan fingerprint density at radius 1 is 0.909 bits per heavy atom. The summed E-state index contributed by atoms with van der Waals surface area (Å²) in [5.41, 5.74) is 2.91. The van der Waals surface area contributed by atoms with Gasteiger partial charge in [-0.2, -0.15) is 0 Å². The lowest BCUT2D eigenvalue weighted by molar-refractivity contribution is 0.549. The molecule has 22 heavy (non-hydrogen) atoms. The average Bonchev–Trinajstić information content (AvgIpc) is 2.47. The van der Waals surface area contributed by atoms with E-state index in [0.29, 0.717) is 0 Å². The summed E-state index contributed by atoms with van der Waals surface area (Å²) in [7, 11) is 0. The Hall–Kier alpha value is -2.35. The molecule has 0 saturated heterocycles. The smallest absolute Gasteiger partial charge is 0.263 e. The molecule has 0 aliphatic rings. The number of nitrogens with zero attached hydrogens (tertiary/aromatic N) is 1. The molecule has 0 aliphatic heterocycles. The van der Waals surface area contributed by atoms with Gasteiger partial charge in [0.05, 0.1) is 5.39 Å². The molecular formula is C20H21NO. The highest BCUT2D eigenvalue weighted by Gasteiger charge is 2.22. The summed E-state index contributed by atoms with van der Waals surface area (Å²) >= 11 is 0. The highest BCUT2D eigenvalue weighted by molar-refractivity contribution is 5.85. The lowest BCUT2D eigenvalue weighted by Crippen LogP contribution is -2.29. The van der Waals surface area contributed by atoms with Gasteiger partial charge in [-0.15, -0.1) is 0 Å². The fraction of sp³-hybridized carbons (Fsp3) is 0.250. The first-order chi connectivity index (χ1) is 10.4. The minimum atomic E-state index is -0.118. The van der Waals surface area contributed by atoms with Crippen molar-refractivity contribution in [1.29, 1.82) is 0 Å². The van der Waals surface area contributed by atoms with Gasteiger partial charge in [0.2, 0.25) is 0 Å². The molecule has 2 aromatic carbocycles. The summed E-state index contributed by atoms with van der Waals surface area (Å²) in [4.78, 5) is 13.2. The van der Waals surface area contributed by atoms with E-state index in [4.69, 9.17) is 0 Å². The largest absolute Gasteiger partial charge is 0.280 e. The van der Waals surface area contributed by atoms with Gasteiger partial charge in [-0.25, -0.2) is 0 Å². The SMILES string of the molecule is Cc1cccc2cc(C(C)(C)C)n(-c3ccccc3)c(=O)c12. The fourth-order valence-electron chi connectivity index (χ4n) is 2.92. The molecule has 0 spiro atoms. The summed E-state index contributed by atoms with van der Waals surface area (Å²) in [5.74, 6) is 0. The minimum absolute atomic E-state index is 0.0618. The summed E-state index contributed by atoms with van der Waals surface area (Å²) in [5, 5.41) is 1.82. The van der Waals surface area contributed by atoms with Crippen molar-refractivity contribution in [2.24, 2.45) is 0 Å². The molecular weight excluding hydrogens is 270 g/mol. The van der Waals surface area contributed by atoms with Crippen LogP contribution in [0.4, 0.5) is 0 Å². The van der Waals surface area contributed by atoms with Crippen molar-refractivity contribution in [3.05, 3.63) is 76.2 Å². The van der Waals surface area contributed by atoms with E-state index in [1.807, 2.05) is 60.0 Å². The third-order valence-electron chi connectivity index (χ3n) is 4.04. The maximum atomic E-state index is 13.2. The molecule has 0 N–H and O–H groups in total. The molecule has 1 aromatic heterocycles. The third kappa shape index (κ3) is 2.35. The van der Waals surface area contributed by atoms with Crippen LogP contribution in [0.15, 0.2) is 59.4 Å². The molecule has 3 rings (SSSR count). The van der Waals surface area contributed by atoms with Crippen LogP contribution in [-0.2, 0) is 5.41 Å². The molecule has 0 aliphatic carbocycles. The molecule has 0 saturated carbocycles. The van der Waals surface area contributed by atoms with Crippen molar-refractivity contribution in [2.45, 2.75) is 33.1 Å². The van der Waals surface area contributed by atoms with Crippen LogP contribution in [0, 0.1) is 6.92 Å². The molecule has 2 heteroatoms. The van der Waals surface area contributed by atoms with Crippen LogP contribution in [0.2, 0.25) is 0 Å².